The molecule has 1 aromatic heterocycles. The SMILES string of the molecule is Cc1cccc(NC(=O)Cc2nc(C(=O)O)cs2)c1C. The summed E-state index contributed by atoms with van der Waals surface area (Å²) >= 11 is 1.17. The molecule has 0 saturated carbocycles. The van der Waals surface area contributed by atoms with E-state index in [1.165, 1.54) is 16.7 Å². The maximum Gasteiger partial charge on any atom is 0.355 e. The molecule has 1 amide bonds. The van der Waals surface area contributed by atoms with Gasteiger partial charge in [-0.1, -0.05) is 12.1 Å². The van der Waals surface area contributed by atoms with Crippen molar-refractivity contribution >= 4 is 28.9 Å². The van der Waals surface area contributed by atoms with Gasteiger partial charge in [0, 0.05) is 11.1 Å². The van der Waals surface area contributed by atoms with Crippen molar-refractivity contribution in [3.05, 3.63) is 45.4 Å². The number of carboxylic acids is 1. The van der Waals surface area contributed by atoms with Crippen LogP contribution in [0.15, 0.2) is 23.6 Å². The van der Waals surface area contributed by atoms with Crippen LogP contribution in [-0.4, -0.2) is 22.0 Å². The molecular formula is C14H14N2O3S. The minimum Gasteiger partial charge on any atom is -0.476 e. The number of anilines is 1. The molecule has 0 saturated heterocycles. The van der Waals surface area contributed by atoms with Gasteiger partial charge >= 0.3 is 5.97 Å². The van der Waals surface area contributed by atoms with Gasteiger partial charge in [0.2, 0.25) is 5.91 Å². The van der Waals surface area contributed by atoms with Gasteiger partial charge in [0.25, 0.3) is 0 Å². The Morgan fingerprint density at radius 1 is 1.35 bits per heavy atom. The Labute approximate surface area is 120 Å². The van der Waals surface area contributed by atoms with Crippen molar-refractivity contribution in [1.82, 2.24) is 4.98 Å². The fraction of sp³-hybridized carbons (Fsp3) is 0.214. The van der Waals surface area contributed by atoms with Crippen LogP contribution in [0.3, 0.4) is 0 Å². The van der Waals surface area contributed by atoms with E-state index in [0.717, 1.165) is 16.8 Å². The Kier molecular flexibility index (Phi) is 4.14. The summed E-state index contributed by atoms with van der Waals surface area (Å²) < 4.78 is 0. The summed E-state index contributed by atoms with van der Waals surface area (Å²) in [6.45, 7) is 3.92. The second kappa shape index (κ2) is 5.83. The number of nitrogens with one attached hydrogen (secondary N) is 1. The lowest BCUT2D eigenvalue weighted by atomic mass is 10.1. The number of rotatable bonds is 4. The molecule has 0 spiro atoms. The Balaban J connectivity index is 2.05. The van der Waals surface area contributed by atoms with E-state index >= 15 is 0 Å². The van der Waals surface area contributed by atoms with Crippen LogP contribution in [-0.2, 0) is 11.2 Å². The Morgan fingerprint density at radius 3 is 2.75 bits per heavy atom. The minimum absolute atomic E-state index is 0.0236. The number of carbonyl (C=O) groups is 2. The predicted molar refractivity (Wildman–Crippen MR) is 77.3 cm³/mol. The molecule has 6 heteroatoms. The Morgan fingerprint density at radius 2 is 2.10 bits per heavy atom. The molecule has 0 aliphatic rings. The van der Waals surface area contributed by atoms with Gasteiger partial charge in [0.15, 0.2) is 5.69 Å². The van der Waals surface area contributed by atoms with Crippen LogP contribution < -0.4 is 5.32 Å². The van der Waals surface area contributed by atoms with E-state index < -0.39 is 5.97 Å². The Bertz CT molecular complexity index is 664. The summed E-state index contributed by atoms with van der Waals surface area (Å²) in [5.41, 5.74) is 2.87. The van der Waals surface area contributed by atoms with Gasteiger partial charge < -0.3 is 10.4 Å². The quantitative estimate of drug-likeness (QED) is 0.907. The summed E-state index contributed by atoms with van der Waals surface area (Å²) in [5.74, 6) is -1.28. The summed E-state index contributed by atoms with van der Waals surface area (Å²) in [6.07, 6.45) is 0.0747. The fourth-order valence-corrected chi connectivity index (χ4v) is 2.48. The lowest BCUT2D eigenvalue weighted by Crippen LogP contribution is -2.15. The molecule has 0 aliphatic carbocycles. The molecule has 2 aromatic rings. The maximum atomic E-state index is 11.9. The summed E-state index contributed by atoms with van der Waals surface area (Å²) in [5, 5.41) is 13.5. The number of carbonyl (C=O) groups excluding carboxylic acids is 1. The topological polar surface area (TPSA) is 79.3 Å². The molecule has 5 nitrogen and oxygen atoms in total. The molecule has 0 atom stereocenters. The van der Waals surface area contributed by atoms with Gasteiger partial charge in [-0.3, -0.25) is 4.79 Å². The van der Waals surface area contributed by atoms with Gasteiger partial charge in [-0.15, -0.1) is 11.3 Å². The lowest BCUT2D eigenvalue weighted by molar-refractivity contribution is -0.115. The van der Waals surface area contributed by atoms with Crippen molar-refractivity contribution in [2.24, 2.45) is 0 Å². The molecule has 1 heterocycles. The van der Waals surface area contributed by atoms with Crippen molar-refractivity contribution in [2.45, 2.75) is 20.3 Å². The molecule has 20 heavy (non-hydrogen) atoms. The van der Waals surface area contributed by atoms with E-state index in [1.54, 1.807) is 0 Å². The number of nitrogens with zero attached hydrogens (tertiary/aromatic N) is 1. The zero-order chi connectivity index (χ0) is 14.7. The van der Waals surface area contributed by atoms with Crippen LogP contribution in [0.5, 0.6) is 0 Å². The first-order valence-electron chi connectivity index (χ1n) is 6.01. The van der Waals surface area contributed by atoms with Crippen LogP contribution in [0, 0.1) is 13.8 Å². The van der Waals surface area contributed by atoms with Crippen LogP contribution in [0.2, 0.25) is 0 Å². The number of benzene rings is 1. The van der Waals surface area contributed by atoms with Crippen LogP contribution in [0.25, 0.3) is 0 Å². The number of aromatic carboxylic acids is 1. The molecular weight excluding hydrogens is 276 g/mol. The molecule has 2 N–H and O–H groups in total. The van der Waals surface area contributed by atoms with E-state index in [1.807, 2.05) is 32.0 Å². The predicted octanol–water partition coefficient (Wildman–Crippen LogP) is 2.64. The zero-order valence-electron chi connectivity index (χ0n) is 11.1. The highest BCUT2D eigenvalue weighted by Crippen LogP contribution is 2.18. The number of hydrogen-bond donors (Lipinski definition) is 2. The largest absolute Gasteiger partial charge is 0.476 e. The van der Waals surface area contributed by atoms with Crippen molar-refractivity contribution in [3.8, 4) is 0 Å². The zero-order valence-corrected chi connectivity index (χ0v) is 12.0. The summed E-state index contributed by atoms with van der Waals surface area (Å²) in [6, 6.07) is 5.69. The average Bonchev–Trinajstić information content (AvgIpc) is 2.83. The van der Waals surface area contributed by atoms with Crippen LogP contribution in [0.1, 0.15) is 26.6 Å². The van der Waals surface area contributed by atoms with E-state index in [2.05, 4.69) is 10.3 Å². The first-order valence-corrected chi connectivity index (χ1v) is 6.89. The first kappa shape index (κ1) is 14.2. The van der Waals surface area contributed by atoms with E-state index in [0.29, 0.717) is 5.01 Å². The number of aromatic nitrogens is 1. The third kappa shape index (κ3) is 3.21. The third-order valence-corrected chi connectivity index (χ3v) is 3.81. The molecule has 0 bridgehead atoms. The molecule has 0 aliphatic heterocycles. The van der Waals surface area contributed by atoms with Crippen LogP contribution >= 0.6 is 11.3 Å². The number of thiazole rings is 1. The van der Waals surface area contributed by atoms with E-state index in [-0.39, 0.29) is 18.0 Å². The molecule has 0 fully saturated rings. The van der Waals surface area contributed by atoms with E-state index in [4.69, 9.17) is 5.11 Å². The number of aryl methyl sites for hydroxylation is 1. The van der Waals surface area contributed by atoms with Gasteiger partial charge in [-0.05, 0) is 31.0 Å². The first-order chi connectivity index (χ1) is 9.47. The average molecular weight is 290 g/mol. The lowest BCUT2D eigenvalue weighted by Gasteiger charge is -2.09. The molecule has 0 unspecified atom stereocenters. The Hall–Kier alpha value is -2.21. The molecule has 2 rings (SSSR count). The minimum atomic E-state index is -1.08. The van der Waals surface area contributed by atoms with Gasteiger partial charge in [-0.25, -0.2) is 9.78 Å². The highest BCUT2D eigenvalue weighted by atomic mass is 32.1. The second-order valence-corrected chi connectivity index (χ2v) is 5.35. The van der Waals surface area contributed by atoms with Gasteiger partial charge in [-0.2, -0.15) is 0 Å². The van der Waals surface area contributed by atoms with E-state index in [9.17, 15) is 9.59 Å². The molecule has 0 radical (unpaired) electrons. The fourth-order valence-electron chi connectivity index (χ4n) is 1.71. The van der Waals surface area contributed by atoms with Crippen molar-refractivity contribution < 1.29 is 14.7 Å². The normalized spacial score (nSPS) is 10.3. The summed E-state index contributed by atoms with van der Waals surface area (Å²) in [4.78, 5) is 26.5. The summed E-state index contributed by atoms with van der Waals surface area (Å²) in [7, 11) is 0. The maximum absolute atomic E-state index is 11.9. The molecule has 104 valence electrons. The van der Waals surface area contributed by atoms with Crippen molar-refractivity contribution in [3.63, 3.8) is 0 Å². The van der Waals surface area contributed by atoms with Crippen molar-refractivity contribution in [2.75, 3.05) is 5.32 Å². The molecule has 1 aromatic carbocycles. The smallest absolute Gasteiger partial charge is 0.355 e. The second-order valence-electron chi connectivity index (χ2n) is 4.40. The highest BCUT2D eigenvalue weighted by Gasteiger charge is 2.12. The van der Waals surface area contributed by atoms with Crippen LogP contribution in [0.4, 0.5) is 5.69 Å². The highest BCUT2D eigenvalue weighted by molar-refractivity contribution is 7.09. The monoisotopic (exact) mass is 290 g/mol. The van der Waals surface area contributed by atoms with Gasteiger partial charge in [0.1, 0.15) is 5.01 Å². The third-order valence-electron chi connectivity index (χ3n) is 2.96. The standard InChI is InChI=1S/C14H14N2O3S/c1-8-4-3-5-10(9(8)2)15-12(17)6-13-16-11(7-20-13)14(18)19/h3-5,7H,6H2,1-2H3,(H,15,17)(H,18,19). The number of carboxylic acid groups (broad SMARTS) is 1. The number of hydrogen-bond acceptors (Lipinski definition) is 4. The number of amides is 1. The van der Waals surface area contributed by atoms with Crippen molar-refractivity contribution in [1.29, 1.82) is 0 Å². The van der Waals surface area contributed by atoms with Gasteiger partial charge in [0.05, 0.1) is 6.42 Å².